The fraction of sp³-hybridized carbons (Fsp3) is 1.00. The predicted molar refractivity (Wildman–Crippen MR) is 65.6 cm³/mol. The number of rotatable bonds is 8. The highest BCUT2D eigenvalue weighted by Gasteiger charge is 2.14. The minimum absolute atomic E-state index is 0.301. The van der Waals surface area contributed by atoms with Crippen LogP contribution in [0.1, 0.15) is 40.0 Å². The van der Waals surface area contributed by atoms with Gasteiger partial charge in [-0.2, -0.15) is 0 Å². The molecular weight excluding hydrogens is 210 g/mol. The second-order valence-corrected chi connectivity index (χ2v) is 6.98. The highest BCUT2D eigenvalue weighted by molar-refractivity contribution is 7.91. The Labute approximate surface area is 94.4 Å². The van der Waals surface area contributed by atoms with E-state index in [1.54, 1.807) is 0 Å². The van der Waals surface area contributed by atoms with Crippen molar-refractivity contribution in [1.29, 1.82) is 0 Å². The maximum atomic E-state index is 11.5. The lowest BCUT2D eigenvalue weighted by molar-refractivity contribution is 0.406. The van der Waals surface area contributed by atoms with Crippen molar-refractivity contribution in [2.75, 3.05) is 18.1 Å². The molecule has 0 aromatic rings. The van der Waals surface area contributed by atoms with Gasteiger partial charge in [0.05, 0.1) is 5.75 Å². The third-order valence-electron chi connectivity index (χ3n) is 2.49. The fourth-order valence-electron chi connectivity index (χ4n) is 1.76. The molecule has 0 aliphatic carbocycles. The van der Waals surface area contributed by atoms with Crippen molar-refractivity contribution in [3.8, 4) is 0 Å². The van der Waals surface area contributed by atoms with Gasteiger partial charge in [-0.25, -0.2) is 8.42 Å². The van der Waals surface area contributed by atoms with Gasteiger partial charge in [-0.05, 0) is 37.6 Å². The SMILES string of the molecule is CCCS(=O)(=O)CCC(CN)CC(C)C. The maximum absolute atomic E-state index is 11.5. The Balaban J connectivity index is 4.00. The van der Waals surface area contributed by atoms with E-state index < -0.39 is 9.84 Å². The molecule has 0 rings (SSSR count). The van der Waals surface area contributed by atoms with Gasteiger partial charge in [0, 0.05) is 5.75 Å². The number of hydrogen-bond donors (Lipinski definition) is 1. The Morgan fingerprint density at radius 3 is 2.20 bits per heavy atom. The Morgan fingerprint density at radius 2 is 1.80 bits per heavy atom. The molecule has 2 N–H and O–H groups in total. The maximum Gasteiger partial charge on any atom is 0.150 e. The number of sulfone groups is 1. The second kappa shape index (κ2) is 7.23. The number of hydrogen-bond acceptors (Lipinski definition) is 3. The predicted octanol–water partition coefficient (Wildman–Crippen LogP) is 1.82. The largest absolute Gasteiger partial charge is 0.330 e. The molecule has 0 aliphatic heterocycles. The van der Waals surface area contributed by atoms with E-state index in [1.165, 1.54) is 0 Å². The van der Waals surface area contributed by atoms with E-state index in [-0.39, 0.29) is 0 Å². The summed E-state index contributed by atoms with van der Waals surface area (Å²) in [6.07, 6.45) is 2.45. The summed E-state index contributed by atoms with van der Waals surface area (Å²) >= 11 is 0. The lowest BCUT2D eigenvalue weighted by atomic mass is 9.95. The van der Waals surface area contributed by atoms with E-state index >= 15 is 0 Å². The zero-order chi connectivity index (χ0) is 11.9. The lowest BCUT2D eigenvalue weighted by Crippen LogP contribution is -2.21. The van der Waals surface area contributed by atoms with Crippen LogP contribution in [-0.2, 0) is 9.84 Å². The third kappa shape index (κ3) is 7.79. The molecule has 0 radical (unpaired) electrons. The molecule has 0 bridgehead atoms. The van der Waals surface area contributed by atoms with Crippen LogP contribution < -0.4 is 5.73 Å². The van der Waals surface area contributed by atoms with Gasteiger partial charge in [-0.3, -0.25) is 0 Å². The summed E-state index contributed by atoms with van der Waals surface area (Å²) in [6.45, 7) is 6.78. The van der Waals surface area contributed by atoms with E-state index in [9.17, 15) is 8.42 Å². The van der Waals surface area contributed by atoms with Crippen molar-refractivity contribution in [2.24, 2.45) is 17.6 Å². The Morgan fingerprint density at radius 1 is 1.20 bits per heavy atom. The highest BCUT2D eigenvalue weighted by atomic mass is 32.2. The van der Waals surface area contributed by atoms with Crippen LogP contribution in [-0.4, -0.2) is 26.5 Å². The average molecular weight is 235 g/mol. The number of nitrogens with two attached hydrogens (primary N) is 1. The second-order valence-electron chi connectivity index (χ2n) is 4.67. The fourth-order valence-corrected chi connectivity index (χ4v) is 3.28. The first-order chi connectivity index (χ1) is 6.91. The van der Waals surface area contributed by atoms with Crippen molar-refractivity contribution in [2.45, 2.75) is 40.0 Å². The van der Waals surface area contributed by atoms with Crippen molar-refractivity contribution in [3.05, 3.63) is 0 Å². The van der Waals surface area contributed by atoms with Crippen LogP contribution in [0.2, 0.25) is 0 Å². The van der Waals surface area contributed by atoms with Gasteiger partial charge in [0.1, 0.15) is 9.84 Å². The minimum atomic E-state index is -2.83. The average Bonchev–Trinajstić information content (AvgIpc) is 2.11. The van der Waals surface area contributed by atoms with Gasteiger partial charge in [0.15, 0.2) is 0 Å². The summed E-state index contributed by atoms with van der Waals surface area (Å²) in [5, 5.41) is 0. The van der Waals surface area contributed by atoms with E-state index in [1.807, 2.05) is 6.92 Å². The third-order valence-corrected chi connectivity index (χ3v) is 4.38. The van der Waals surface area contributed by atoms with Crippen LogP contribution in [0, 0.1) is 11.8 Å². The molecule has 15 heavy (non-hydrogen) atoms. The molecule has 1 atom stereocenters. The zero-order valence-corrected chi connectivity index (χ0v) is 11.0. The quantitative estimate of drug-likeness (QED) is 0.698. The van der Waals surface area contributed by atoms with Gasteiger partial charge >= 0.3 is 0 Å². The monoisotopic (exact) mass is 235 g/mol. The topological polar surface area (TPSA) is 60.2 Å². The van der Waals surface area contributed by atoms with Crippen molar-refractivity contribution >= 4 is 9.84 Å². The van der Waals surface area contributed by atoms with Crippen molar-refractivity contribution in [1.82, 2.24) is 0 Å². The summed E-state index contributed by atoms with van der Waals surface area (Å²) in [5.41, 5.74) is 5.63. The Hall–Kier alpha value is -0.0900. The molecule has 0 saturated carbocycles. The smallest absolute Gasteiger partial charge is 0.150 e. The molecule has 4 heteroatoms. The summed E-state index contributed by atoms with van der Waals surface area (Å²) < 4.78 is 23.0. The van der Waals surface area contributed by atoms with Gasteiger partial charge in [-0.1, -0.05) is 20.8 Å². The summed E-state index contributed by atoms with van der Waals surface area (Å²) in [5.74, 6) is 1.56. The Kier molecular flexibility index (Phi) is 7.18. The molecular formula is C11H25NO2S. The standard InChI is InChI=1S/C11H25NO2S/c1-4-6-15(13,14)7-5-11(9-12)8-10(2)3/h10-11H,4-9,12H2,1-3H3. The molecule has 0 amide bonds. The van der Waals surface area contributed by atoms with Crippen LogP contribution >= 0.6 is 0 Å². The first kappa shape index (κ1) is 14.9. The zero-order valence-electron chi connectivity index (χ0n) is 10.2. The van der Waals surface area contributed by atoms with E-state index in [2.05, 4.69) is 13.8 Å². The molecule has 0 heterocycles. The minimum Gasteiger partial charge on any atom is -0.330 e. The van der Waals surface area contributed by atoms with Gasteiger partial charge in [0.25, 0.3) is 0 Å². The molecule has 3 nitrogen and oxygen atoms in total. The van der Waals surface area contributed by atoms with E-state index in [4.69, 9.17) is 5.73 Å². The van der Waals surface area contributed by atoms with Crippen LogP contribution in [0.3, 0.4) is 0 Å². The van der Waals surface area contributed by atoms with Crippen LogP contribution in [0.25, 0.3) is 0 Å². The summed E-state index contributed by atoms with van der Waals surface area (Å²) in [6, 6.07) is 0. The first-order valence-corrected chi connectivity index (χ1v) is 7.64. The van der Waals surface area contributed by atoms with Crippen LogP contribution in [0.5, 0.6) is 0 Å². The summed E-state index contributed by atoms with van der Waals surface area (Å²) in [7, 11) is -2.83. The highest BCUT2D eigenvalue weighted by Crippen LogP contribution is 2.15. The molecule has 0 saturated heterocycles. The van der Waals surface area contributed by atoms with E-state index in [0.717, 1.165) is 12.8 Å². The Bertz CT molecular complexity index is 247. The lowest BCUT2D eigenvalue weighted by Gasteiger charge is -2.16. The molecule has 92 valence electrons. The molecule has 0 aliphatic rings. The van der Waals surface area contributed by atoms with E-state index in [0.29, 0.717) is 36.3 Å². The molecule has 0 fully saturated rings. The van der Waals surface area contributed by atoms with Gasteiger partial charge in [-0.15, -0.1) is 0 Å². The molecule has 0 spiro atoms. The van der Waals surface area contributed by atoms with Gasteiger partial charge in [0.2, 0.25) is 0 Å². The molecule has 0 aromatic heterocycles. The van der Waals surface area contributed by atoms with Crippen LogP contribution in [0.15, 0.2) is 0 Å². The first-order valence-electron chi connectivity index (χ1n) is 5.81. The molecule has 1 unspecified atom stereocenters. The van der Waals surface area contributed by atoms with Crippen molar-refractivity contribution in [3.63, 3.8) is 0 Å². The molecule has 0 aromatic carbocycles. The summed E-state index contributed by atoms with van der Waals surface area (Å²) in [4.78, 5) is 0. The van der Waals surface area contributed by atoms with Crippen LogP contribution in [0.4, 0.5) is 0 Å². The van der Waals surface area contributed by atoms with Gasteiger partial charge < -0.3 is 5.73 Å². The van der Waals surface area contributed by atoms with Crippen molar-refractivity contribution < 1.29 is 8.42 Å². The normalized spacial score (nSPS) is 14.5.